The number of nitrogens with zero attached hydrogens (tertiary/aromatic N) is 1. The van der Waals surface area contributed by atoms with Gasteiger partial charge in [0.15, 0.2) is 0 Å². The minimum atomic E-state index is -0.533. The number of nitrogens with one attached hydrogen (secondary N) is 1. The average Bonchev–Trinajstić information content (AvgIpc) is 2.75. The Balaban J connectivity index is 1.82. The molecular weight excluding hydrogens is 252 g/mol. The van der Waals surface area contributed by atoms with Crippen LogP contribution in [0.5, 0.6) is 0 Å². The number of carbonyl (C=O) groups excluding carboxylic acids is 2. The summed E-state index contributed by atoms with van der Waals surface area (Å²) in [5.41, 5.74) is 0.0426. The van der Waals surface area contributed by atoms with Gasteiger partial charge < -0.3 is 10.2 Å². The van der Waals surface area contributed by atoms with E-state index in [1.807, 2.05) is 6.92 Å². The number of hydrogen-bond donors (Lipinski definition) is 1. The van der Waals surface area contributed by atoms with Crippen molar-refractivity contribution < 1.29 is 9.59 Å². The lowest BCUT2D eigenvalue weighted by Gasteiger charge is -2.40. The molecular formula is C16H26N2O2. The number of fused-ring (bicyclic) bond motifs is 2. The van der Waals surface area contributed by atoms with Crippen LogP contribution in [0, 0.1) is 16.2 Å². The average molecular weight is 278 g/mol. The smallest absolute Gasteiger partial charge is 0.231 e. The third kappa shape index (κ3) is 2.13. The normalized spacial score (nSPS) is 42.7. The van der Waals surface area contributed by atoms with Gasteiger partial charge in [0, 0.05) is 25.6 Å². The summed E-state index contributed by atoms with van der Waals surface area (Å²) in [5.74, 6) is 0.192. The first-order valence-electron chi connectivity index (χ1n) is 7.70. The Kier molecular flexibility index (Phi) is 2.77. The van der Waals surface area contributed by atoms with Crippen LogP contribution in [-0.4, -0.2) is 35.8 Å². The topological polar surface area (TPSA) is 49.4 Å². The van der Waals surface area contributed by atoms with Gasteiger partial charge in [0.05, 0.1) is 5.41 Å². The molecule has 0 spiro atoms. The van der Waals surface area contributed by atoms with Gasteiger partial charge >= 0.3 is 0 Å². The van der Waals surface area contributed by atoms with Crippen LogP contribution < -0.4 is 5.32 Å². The lowest BCUT2D eigenvalue weighted by atomic mass is 9.65. The first-order valence-corrected chi connectivity index (χ1v) is 7.70. The summed E-state index contributed by atoms with van der Waals surface area (Å²) in [6.45, 7) is 10.2. The van der Waals surface area contributed by atoms with Crippen LogP contribution in [0.15, 0.2) is 0 Å². The van der Waals surface area contributed by atoms with Crippen molar-refractivity contribution in [3.05, 3.63) is 0 Å². The largest absolute Gasteiger partial charge is 0.355 e. The standard InChI is InChI=1S/C16H26N2O2/c1-14(2)5-11-6-15(3,8-14)10-18(11)13(20)16(4)7-12(19)17-9-16/h11H,5-10H2,1-4H3,(H,17,19). The summed E-state index contributed by atoms with van der Waals surface area (Å²) in [6.07, 6.45) is 3.74. The van der Waals surface area contributed by atoms with Crippen molar-refractivity contribution >= 4 is 11.8 Å². The van der Waals surface area contributed by atoms with E-state index in [0.29, 0.717) is 24.4 Å². The summed E-state index contributed by atoms with van der Waals surface area (Å²) in [7, 11) is 0. The number of carbonyl (C=O) groups is 2. The minimum Gasteiger partial charge on any atom is -0.355 e. The molecule has 4 heteroatoms. The molecule has 4 nitrogen and oxygen atoms in total. The van der Waals surface area contributed by atoms with Crippen molar-refractivity contribution in [1.29, 1.82) is 0 Å². The molecule has 20 heavy (non-hydrogen) atoms. The van der Waals surface area contributed by atoms with Crippen LogP contribution in [-0.2, 0) is 9.59 Å². The fourth-order valence-electron chi connectivity index (χ4n) is 4.97. The van der Waals surface area contributed by atoms with Gasteiger partial charge in [-0.3, -0.25) is 9.59 Å². The molecule has 1 saturated carbocycles. The van der Waals surface area contributed by atoms with Gasteiger partial charge in [-0.1, -0.05) is 20.8 Å². The molecule has 3 unspecified atom stereocenters. The van der Waals surface area contributed by atoms with Gasteiger partial charge in [-0.15, -0.1) is 0 Å². The lowest BCUT2D eigenvalue weighted by molar-refractivity contribution is -0.142. The predicted molar refractivity (Wildman–Crippen MR) is 77.0 cm³/mol. The van der Waals surface area contributed by atoms with Crippen molar-refractivity contribution in [2.45, 2.75) is 59.4 Å². The maximum absolute atomic E-state index is 12.9. The van der Waals surface area contributed by atoms with Crippen LogP contribution in [0.3, 0.4) is 0 Å². The second-order valence-corrected chi connectivity index (χ2v) is 8.66. The molecule has 2 aliphatic heterocycles. The molecule has 2 amide bonds. The zero-order valence-electron chi connectivity index (χ0n) is 13.1. The molecule has 1 aliphatic carbocycles. The highest BCUT2D eigenvalue weighted by molar-refractivity contribution is 5.92. The summed E-state index contributed by atoms with van der Waals surface area (Å²) in [6, 6.07) is 0.365. The maximum Gasteiger partial charge on any atom is 0.231 e. The van der Waals surface area contributed by atoms with Crippen molar-refractivity contribution in [3.8, 4) is 0 Å². The first-order chi connectivity index (χ1) is 9.13. The molecule has 3 atom stereocenters. The van der Waals surface area contributed by atoms with E-state index in [4.69, 9.17) is 0 Å². The Bertz CT molecular complexity index is 473. The van der Waals surface area contributed by atoms with Crippen LogP contribution in [0.4, 0.5) is 0 Å². The second kappa shape index (κ2) is 3.99. The molecule has 112 valence electrons. The molecule has 0 aromatic rings. The number of hydrogen-bond acceptors (Lipinski definition) is 2. The number of likely N-dealkylation sites (tertiary alicyclic amines) is 1. The molecule has 3 rings (SSSR count). The van der Waals surface area contributed by atoms with Crippen molar-refractivity contribution in [1.82, 2.24) is 10.2 Å². The van der Waals surface area contributed by atoms with Gasteiger partial charge in [-0.05, 0) is 37.0 Å². The maximum atomic E-state index is 12.9. The first kappa shape index (κ1) is 13.9. The molecule has 0 radical (unpaired) electrons. The molecule has 3 aliphatic rings. The van der Waals surface area contributed by atoms with E-state index in [2.05, 4.69) is 31.0 Å². The van der Waals surface area contributed by atoms with Gasteiger partial charge in [0.25, 0.3) is 0 Å². The van der Waals surface area contributed by atoms with Gasteiger partial charge in [-0.2, -0.15) is 0 Å². The number of amides is 2. The number of rotatable bonds is 1. The molecule has 0 aromatic heterocycles. The summed E-state index contributed by atoms with van der Waals surface area (Å²) in [5, 5.41) is 2.81. The van der Waals surface area contributed by atoms with Gasteiger partial charge in [-0.25, -0.2) is 0 Å². The van der Waals surface area contributed by atoms with Crippen LogP contribution in [0.2, 0.25) is 0 Å². The van der Waals surface area contributed by atoms with E-state index in [0.717, 1.165) is 19.4 Å². The molecule has 1 N–H and O–H groups in total. The highest BCUT2D eigenvalue weighted by atomic mass is 16.2. The third-order valence-electron chi connectivity index (χ3n) is 5.42. The molecule has 2 heterocycles. The van der Waals surface area contributed by atoms with E-state index < -0.39 is 5.41 Å². The fourth-order valence-corrected chi connectivity index (χ4v) is 4.97. The van der Waals surface area contributed by atoms with E-state index in [9.17, 15) is 9.59 Å². The Morgan fingerprint density at radius 3 is 2.55 bits per heavy atom. The van der Waals surface area contributed by atoms with Crippen molar-refractivity contribution in [3.63, 3.8) is 0 Å². The van der Waals surface area contributed by atoms with Crippen LogP contribution in [0.1, 0.15) is 53.4 Å². The molecule has 0 aromatic carbocycles. The quantitative estimate of drug-likeness (QED) is 0.797. The van der Waals surface area contributed by atoms with Crippen molar-refractivity contribution in [2.24, 2.45) is 16.2 Å². The molecule has 2 saturated heterocycles. The monoisotopic (exact) mass is 278 g/mol. The van der Waals surface area contributed by atoms with Crippen molar-refractivity contribution in [2.75, 3.05) is 13.1 Å². The summed E-state index contributed by atoms with van der Waals surface area (Å²) in [4.78, 5) is 26.5. The van der Waals surface area contributed by atoms with Crippen LogP contribution >= 0.6 is 0 Å². The fraction of sp³-hybridized carbons (Fsp3) is 0.875. The van der Waals surface area contributed by atoms with E-state index in [1.165, 1.54) is 6.42 Å². The lowest BCUT2D eigenvalue weighted by Crippen LogP contribution is -2.46. The van der Waals surface area contributed by atoms with Crippen LogP contribution in [0.25, 0.3) is 0 Å². The molecule has 2 bridgehead atoms. The predicted octanol–water partition coefficient (Wildman–Crippen LogP) is 1.94. The Labute approximate surface area is 121 Å². The summed E-state index contributed by atoms with van der Waals surface area (Å²) >= 11 is 0. The van der Waals surface area contributed by atoms with E-state index >= 15 is 0 Å². The van der Waals surface area contributed by atoms with Gasteiger partial charge in [0.2, 0.25) is 11.8 Å². The van der Waals surface area contributed by atoms with Gasteiger partial charge in [0.1, 0.15) is 0 Å². The Hall–Kier alpha value is -1.06. The zero-order chi connectivity index (χ0) is 14.8. The zero-order valence-corrected chi connectivity index (χ0v) is 13.1. The SMILES string of the molecule is CC1(C)CC2CC(C)(CN2C(=O)C2(C)CNC(=O)C2)C1. The van der Waals surface area contributed by atoms with E-state index in [-0.39, 0.29) is 17.2 Å². The second-order valence-electron chi connectivity index (χ2n) is 8.66. The molecule has 3 fully saturated rings. The minimum absolute atomic E-state index is 0.00885. The third-order valence-corrected chi connectivity index (χ3v) is 5.42. The summed E-state index contributed by atoms with van der Waals surface area (Å²) < 4.78 is 0. The highest BCUT2D eigenvalue weighted by Gasteiger charge is 2.54. The highest BCUT2D eigenvalue weighted by Crippen LogP contribution is 2.53. The Morgan fingerprint density at radius 2 is 1.95 bits per heavy atom. The van der Waals surface area contributed by atoms with E-state index in [1.54, 1.807) is 0 Å². The Morgan fingerprint density at radius 1 is 1.25 bits per heavy atom.